The van der Waals surface area contributed by atoms with Gasteiger partial charge in [-0.1, -0.05) is 18.2 Å². The number of benzene rings is 1. The summed E-state index contributed by atoms with van der Waals surface area (Å²) in [5.74, 6) is -0.568. The van der Waals surface area contributed by atoms with Crippen LogP contribution in [0.3, 0.4) is 0 Å². The van der Waals surface area contributed by atoms with E-state index in [9.17, 15) is 19.8 Å². The summed E-state index contributed by atoms with van der Waals surface area (Å²) in [5, 5.41) is 19.5. The first kappa shape index (κ1) is 12.7. The van der Waals surface area contributed by atoms with Gasteiger partial charge in [-0.05, 0) is 17.5 Å². The molecule has 1 aromatic carbocycles. The van der Waals surface area contributed by atoms with Crippen LogP contribution in [0.2, 0.25) is 0 Å². The maximum Gasteiger partial charge on any atom is 0.220 e. The van der Waals surface area contributed by atoms with E-state index < -0.39 is 18.1 Å². The van der Waals surface area contributed by atoms with E-state index in [4.69, 9.17) is 5.73 Å². The maximum absolute atomic E-state index is 11.5. The number of fused-ring (bicyclic) bond motifs is 1. The molecule has 4 N–H and O–H groups in total. The van der Waals surface area contributed by atoms with Crippen LogP contribution >= 0.6 is 0 Å². The van der Waals surface area contributed by atoms with Gasteiger partial charge in [0.15, 0.2) is 5.78 Å². The number of Topliss-reactive ketones (excluding diaryl/α,β-unsaturated/α-hetero) is 1. The lowest BCUT2D eigenvalue weighted by molar-refractivity contribution is -0.121. The van der Waals surface area contributed by atoms with Crippen LogP contribution in [-0.2, 0) is 11.2 Å². The molecule has 0 spiro atoms. The Bertz CT molecular complexity index is 498. The molecule has 1 aromatic rings. The molecular weight excluding hydrogens is 234 g/mol. The lowest BCUT2D eigenvalue weighted by Gasteiger charge is -2.17. The van der Waals surface area contributed by atoms with E-state index >= 15 is 0 Å². The molecule has 1 aliphatic rings. The average molecular weight is 249 g/mol. The van der Waals surface area contributed by atoms with Crippen molar-refractivity contribution in [2.24, 2.45) is 5.73 Å². The maximum atomic E-state index is 11.5. The third-order valence-corrected chi connectivity index (χ3v) is 3.17. The van der Waals surface area contributed by atoms with E-state index in [2.05, 4.69) is 0 Å². The third-order valence-electron chi connectivity index (χ3n) is 3.17. The highest BCUT2D eigenvalue weighted by molar-refractivity contribution is 6.00. The lowest BCUT2D eigenvalue weighted by Crippen LogP contribution is -2.25. The molecule has 1 amide bonds. The molecule has 0 fully saturated rings. The highest BCUT2D eigenvalue weighted by Crippen LogP contribution is 2.27. The van der Waals surface area contributed by atoms with E-state index in [0.717, 1.165) is 5.56 Å². The van der Waals surface area contributed by atoms with E-state index in [1.165, 1.54) is 0 Å². The summed E-state index contributed by atoms with van der Waals surface area (Å²) in [6.45, 7) is 0. The second-order valence-corrected chi connectivity index (χ2v) is 4.52. The fourth-order valence-corrected chi connectivity index (χ4v) is 2.20. The molecule has 0 saturated carbocycles. The van der Waals surface area contributed by atoms with Gasteiger partial charge in [0, 0.05) is 12.0 Å². The Kier molecular flexibility index (Phi) is 3.45. The molecule has 5 heteroatoms. The van der Waals surface area contributed by atoms with Crippen molar-refractivity contribution in [2.45, 2.75) is 31.5 Å². The number of amides is 1. The molecule has 0 saturated heterocycles. The second-order valence-electron chi connectivity index (χ2n) is 4.52. The van der Waals surface area contributed by atoms with Crippen LogP contribution in [-0.4, -0.2) is 28.0 Å². The molecule has 2 atom stereocenters. The Morgan fingerprint density at radius 1 is 1.33 bits per heavy atom. The van der Waals surface area contributed by atoms with Gasteiger partial charge < -0.3 is 15.9 Å². The predicted molar refractivity (Wildman–Crippen MR) is 63.9 cm³/mol. The lowest BCUT2D eigenvalue weighted by atomic mass is 9.98. The second kappa shape index (κ2) is 4.88. The van der Waals surface area contributed by atoms with Crippen LogP contribution in [0.15, 0.2) is 18.2 Å². The van der Waals surface area contributed by atoms with Gasteiger partial charge in [0.2, 0.25) is 5.91 Å². The number of nitrogens with two attached hydrogens (primary N) is 1. The molecule has 0 aromatic heterocycles. The highest BCUT2D eigenvalue weighted by Gasteiger charge is 2.24. The van der Waals surface area contributed by atoms with E-state index in [-0.39, 0.29) is 12.2 Å². The van der Waals surface area contributed by atoms with Crippen molar-refractivity contribution in [2.75, 3.05) is 0 Å². The minimum atomic E-state index is -1.22. The number of ketones is 1. The van der Waals surface area contributed by atoms with Crippen molar-refractivity contribution in [1.82, 2.24) is 0 Å². The zero-order valence-electron chi connectivity index (χ0n) is 9.80. The molecule has 0 aliphatic heterocycles. The summed E-state index contributed by atoms with van der Waals surface area (Å²) in [7, 11) is 0. The smallest absolute Gasteiger partial charge is 0.220 e. The number of aryl methyl sites for hydroxylation is 1. The van der Waals surface area contributed by atoms with Crippen LogP contribution in [0.4, 0.5) is 0 Å². The van der Waals surface area contributed by atoms with Gasteiger partial charge in [-0.2, -0.15) is 0 Å². The molecule has 0 radical (unpaired) electrons. The number of rotatable bonds is 4. The molecule has 18 heavy (non-hydrogen) atoms. The van der Waals surface area contributed by atoms with Crippen LogP contribution < -0.4 is 5.73 Å². The Hall–Kier alpha value is -1.72. The average Bonchev–Trinajstić information content (AvgIpc) is 2.69. The molecule has 2 rings (SSSR count). The summed E-state index contributed by atoms with van der Waals surface area (Å²) in [6.07, 6.45) is -1.55. The zero-order chi connectivity index (χ0) is 13.3. The Labute approximate surface area is 104 Å². The Morgan fingerprint density at radius 2 is 2.06 bits per heavy atom. The largest absolute Gasteiger partial charge is 0.390 e. The van der Waals surface area contributed by atoms with Gasteiger partial charge in [-0.25, -0.2) is 0 Å². The van der Waals surface area contributed by atoms with Crippen molar-refractivity contribution in [3.63, 3.8) is 0 Å². The van der Waals surface area contributed by atoms with Gasteiger partial charge in [0.25, 0.3) is 0 Å². The van der Waals surface area contributed by atoms with Crippen molar-refractivity contribution in [3.8, 4) is 0 Å². The normalized spacial score (nSPS) is 17.3. The summed E-state index contributed by atoms with van der Waals surface area (Å²) < 4.78 is 0. The number of primary amides is 1. The molecule has 5 nitrogen and oxygen atoms in total. The third kappa shape index (κ3) is 2.42. The number of aliphatic hydroxyl groups excluding tert-OH is 2. The van der Waals surface area contributed by atoms with Gasteiger partial charge in [0.05, 0.1) is 12.5 Å². The molecular formula is C13H15NO4. The number of carbonyl (C=O) groups excluding carboxylic acids is 2. The molecule has 2 unspecified atom stereocenters. The molecule has 0 bridgehead atoms. The molecule has 96 valence electrons. The van der Waals surface area contributed by atoms with Crippen LogP contribution in [0.1, 0.15) is 40.4 Å². The summed E-state index contributed by atoms with van der Waals surface area (Å²) in [5.41, 5.74) is 7.01. The van der Waals surface area contributed by atoms with Gasteiger partial charge in [0.1, 0.15) is 6.10 Å². The first-order chi connectivity index (χ1) is 8.49. The van der Waals surface area contributed by atoms with E-state index in [0.29, 0.717) is 24.0 Å². The Morgan fingerprint density at radius 3 is 2.72 bits per heavy atom. The van der Waals surface area contributed by atoms with Crippen LogP contribution in [0.25, 0.3) is 0 Å². The topological polar surface area (TPSA) is 101 Å². The SMILES string of the molecule is NC(=O)CC(O)C(O)c1ccc2c(c1)CCC2=O. The fraction of sp³-hybridized carbons (Fsp3) is 0.385. The quantitative estimate of drug-likeness (QED) is 0.703. The number of carbonyl (C=O) groups is 2. The first-order valence-electron chi connectivity index (χ1n) is 5.79. The van der Waals surface area contributed by atoms with Crippen molar-refractivity contribution >= 4 is 11.7 Å². The molecule has 0 heterocycles. The van der Waals surface area contributed by atoms with E-state index in [1.54, 1.807) is 18.2 Å². The zero-order valence-corrected chi connectivity index (χ0v) is 9.80. The summed E-state index contributed by atoms with van der Waals surface area (Å²) in [6, 6.07) is 4.95. The molecule has 1 aliphatic carbocycles. The predicted octanol–water partition coefficient (Wildman–Crippen LogP) is 0.0852. The monoisotopic (exact) mass is 249 g/mol. The summed E-state index contributed by atoms with van der Waals surface area (Å²) in [4.78, 5) is 22.1. The van der Waals surface area contributed by atoms with Crippen LogP contribution in [0, 0.1) is 0 Å². The van der Waals surface area contributed by atoms with Crippen molar-refractivity contribution in [3.05, 3.63) is 34.9 Å². The highest BCUT2D eigenvalue weighted by atomic mass is 16.3. The first-order valence-corrected chi connectivity index (χ1v) is 5.79. The van der Waals surface area contributed by atoms with Crippen molar-refractivity contribution < 1.29 is 19.8 Å². The fourth-order valence-electron chi connectivity index (χ4n) is 2.20. The van der Waals surface area contributed by atoms with Gasteiger partial charge in [-0.15, -0.1) is 0 Å². The number of hydrogen-bond acceptors (Lipinski definition) is 4. The Balaban J connectivity index is 2.19. The number of aliphatic hydroxyl groups is 2. The minimum absolute atomic E-state index is 0.101. The van der Waals surface area contributed by atoms with Gasteiger partial charge >= 0.3 is 0 Å². The van der Waals surface area contributed by atoms with Gasteiger partial charge in [-0.3, -0.25) is 9.59 Å². The summed E-state index contributed by atoms with van der Waals surface area (Å²) >= 11 is 0. The minimum Gasteiger partial charge on any atom is -0.390 e. The van der Waals surface area contributed by atoms with E-state index in [1.807, 2.05) is 0 Å². The van der Waals surface area contributed by atoms with Crippen LogP contribution in [0.5, 0.6) is 0 Å². The number of hydrogen-bond donors (Lipinski definition) is 3. The standard InChI is InChI=1S/C13H15NO4/c14-12(17)6-11(16)13(18)8-1-3-9-7(5-8)2-4-10(9)15/h1,3,5,11,13,16,18H,2,4,6H2,(H2,14,17). The van der Waals surface area contributed by atoms with Crippen molar-refractivity contribution in [1.29, 1.82) is 0 Å².